The number of aryl methyl sites for hydroxylation is 1. The molecule has 5 heteroatoms. The second-order valence-electron chi connectivity index (χ2n) is 6.81. The van der Waals surface area contributed by atoms with Gasteiger partial charge in [-0.2, -0.15) is 0 Å². The molecule has 1 aromatic rings. The second-order valence-corrected chi connectivity index (χ2v) is 6.81. The number of aliphatic imine (C=N–C) groups is 1. The van der Waals surface area contributed by atoms with E-state index in [4.69, 9.17) is 0 Å². The van der Waals surface area contributed by atoms with Crippen molar-refractivity contribution in [3.63, 3.8) is 0 Å². The number of hydrogen-bond acceptors (Lipinski definition) is 2. The summed E-state index contributed by atoms with van der Waals surface area (Å²) >= 11 is 0. The van der Waals surface area contributed by atoms with Crippen molar-refractivity contribution in [1.82, 2.24) is 15.5 Å². The number of guanidine groups is 1. The molecule has 24 heavy (non-hydrogen) atoms. The van der Waals surface area contributed by atoms with Crippen LogP contribution in [0, 0.1) is 18.7 Å². The molecule has 1 atom stereocenters. The monoisotopic (exact) mass is 334 g/mol. The summed E-state index contributed by atoms with van der Waals surface area (Å²) in [6, 6.07) is 4.97. The van der Waals surface area contributed by atoms with Crippen LogP contribution in [0.3, 0.4) is 0 Å². The maximum Gasteiger partial charge on any atom is 0.190 e. The van der Waals surface area contributed by atoms with Crippen LogP contribution in [-0.2, 0) is 6.42 Å². The van der Waals surface area contributed by atoms with Crippen molar-refractivity contribution in [1.29, 1.82) is 0 Å². The van der Waals surface area contributed by atoms with E-state index in [0.717, 1.165) is 37.6 Å². The van der Waals surface area contributed by atoms with Crippen molar-refractivity contribution >= 4 is 5.96 Å². The van der Waals surface area contributed by atoms with Gasteiger partial charge >= 0.3 is 0 Å². The molecule has 2 N–H and O–H groups in total. The fourth-order valence-corrected chi connectivity index (χ4v) is 3.22. The maximum atomic E-state index is 13.1. The third kappa shape index (κ3) is 6.11. The average Bonchev–Trinajstić information content (AvgIpc) is 3.05. The molecule has 0 bridgehead atoms. The Hall–Kier alpha value is -1.62. The van der Waals surface area contributed by atoms with Crippen LogP contribution in [0.1, 0.15) is 30.9 Å². The zero-order valence-electron chi connectivity index (χ0n) is 15.2. The minimum atomic E-state index is -0.173. The van der Waals surface area contributed by atoms with E-state index in [-0.39, 0.29) is 5.82 Å². The first-order valence-electron chi connectivity index (χ1n) is 9.00. The molecule has 0 aromatic heterocycles. The van der Waals surface area contributed by atoms with Crippen LogP contribution in [0.5, 0.6) is 0 Å². The number of nitrogens with zero attached hydrogens (tertiary/aromatic N) is 2. The van der Waals surface area contributed by atoms with Gasteiger partial charge in [0.25, 0.3) is 0 Å². The molecule has 0 saturated carbocycles. The number of rotatable bonds is 7. The first-order valence-corrected chi connectivity index (χ1v) is 9.00. The normalized spacial score (nSPS) is 17.1. The van der Waals surface area contributed by atoms with Crippen LogP contribution >= 0.6 is 0 Å². The molecule has 1 heterocycles. The molecule has 2 rings (SSSR count). The summed E-state index contributed by atoms with van der Waals surface area (Å²) in [5.74, 6) is 1.26. The standard InChI is InChI=1S/C19H31FN4/c1-15(14-24-10-4-5-11-24)13-23-19(21-3)22-9-8-17-6-7-18(20)12-16(17)2/h6-7,12,15H,4-5,8-11,13-14H2,1-3H3,(H2,21,22,23). The Labute approximate surface area is 145 Å². The molecular formula is C19H31FN4. The Morgan fingerprint density at radius 2 is 2.04 bits per heavy atom. The molecule has 4 nitrogen and oxygen atoms in total. The lowest BCUT2D eigenvalue weighted by atomic mass is 10.1. The molecule has 134 valence electrons. The van der Waals surface area contributed by atoms with Crippen molar-refractivity contribution in [3.8, 4) is 0 Å². The highest BCUT2D eigenvalue weighted by atomic mass is 19.1. The van der Waals surface area contributed by atoms with E-state index >= 15 is 0 Å². The number of nitrogens with one attached hydrogen (secondary N) is 2. The molecule has 1 saturated heterocycles. The van der Waals surface area contributed by atoms with Gasteiger partial charge in [-0.3, -0.25) is 4.99 Å². The van der Waals surface area contributed by atoms with Gasteiger partial charge in [-0.05, 0) is 68.5 Å². The quantitative estimate of drug-likeness (QED) is 0.595. The van der Waals surface area contributed by atoms with Gasteiger partial charge in [0.15, 0.2) is 5.96 Å². The lowest BCUT2D eigenvalue weighted by Gasteiger charge is -2.21. The molecule has 1 fully saturated rings. The Morgan fingerprint density at radius 3 is 2.71 bits per heavy atom. The minimum Gasteiger partial charge on any atom is -0.356 e. The number of likely N-dealkylation sites (tertiary alicyclic amines) is 1. The predicted molar refractivity (Wildman–Crippen MR) is 99.0 cm³/mol. The van der Waals surface area contributed by atoms with Gasteiger partial charge < -0.3 is 15.5 Å². The molecule has 0 amide bonds. The zero-order chi connectivity index (χ0) is 17.4. The van der Waals surface area contributed by atoms with Crippen molar-refractivity contribution in [3.05, 3.63) is 35.1 Å². The van der Waals surface area contributed by atoms with Gasteiger partial charge in [-0.25, -0.2) is 4.39 Å². The van der Waals surface area contributed by atoms with E-state index in [0.29, 0.717) is 5.92 Å². The molecule has 0 aliphatic carbocycles. The molecule has 0 spiro atoms. The largest absolute Gasteiger partial charge is 0.356 e. The van der Waals surface area contributed by atoms with Crippen LogP contribution in [0.25, 0.3) is 0 Å². The Bertz CT molecular complexity index is 538. The molecule has 0 radical (unpaired) electrons. The fourth-order valence-electron chi connectivity index (χ4n) is 3.22. The van der Waals surface area contributed by atoms with E-state index < -0.39 is 0 Å². The third-order valence-electron chi connectivity index (χ3n) is 4.60. The maximum absolute atomic E-state index is 13.1. The first kappa shape index (κ1) is 18.7. The van der Waals surface area contributed by atoms with Crippen LogP contribution in [0.15, 0.2) is 23.2 Å². The van der Waals surface area contributed by atoms with Crippen LogP contribution < -0.4 is 10.6 Å². The van der Waals surface area contributed by atoms with E-state index in [2.05, 4.69) is 27.4 Å². The van der Waals surface area contributed by atoms with Gasteiger partial charge in [-0.1, -0.05) is 13.0 Å². The average molecular weight is 334 g/mol. The van der Waals surface area contributed by atoms with Gasteiger partial charge in [0.2, 0.25) is 0 Å². The van der Waals surface area contributed by atoms with E-state index in [1.165, 1.54) is 37.6 Å². The van der Waals surface area contributed by atoms with E-state index in [1.54, 1.807) is 13.1 Å². The van der Waals surface area contributed by atoms with Crippen molar-refractivity contribution in [2.75, 3.05) is 39.8 Å². The second kappa shape index (κ2) is 9.62. The summed E-state index contributed by atoms with van der Waals surface area (Å²) in [6.45, 7) is 9.58. The topological polar surface area (TPSA) is 39.7 Å². The number of benzene rings is 1. The highest BCUT2D eigenvalue weighted by Gasteiger charge is 2.14. The summed E-state index contributed by atoms with van der Waals surface area (Å²) in [4.78, 5) is 6.82. The Kier molecular flexibility index (Phi) is 7.50. The zero-order valence-corrected chi connectivity index (χ0v) is 15.2. The van der Waals surface area contributed by atoms with Crippen molar-refractivity contribution in [2.24, 2.45) is 10.9 Å². The van der Waals surface area contributed by atoms with Gasteiger partial charge in [0.1, 0.15) is 5.82 Å². The van der Waals surface area contributed by atoms with E-state index in [9.17, 15) is 4.39 Å². The summed E-state index contributed by atoms with van der Waals surface area (Å²) in [5, 5.41) is 6.75. The molecule has 1 aromatic carbocycles. The smallest absolute Gasteiger partial charge is 0.190 e. The summed E-state index contributed by atoms with van der Waals surface area (Å²) < 4.78 is 13.1. The lowest BCUT2D eigenvalue weighted by Crippen LogP contribution is -2.42. The van der Waals surface area contributed by atoms with Crippen molar-refractivity contribution in [2.45, 2.75) is 33.1 Å². The minimum absolute atomic E-state index is 0.173. The molecule has 1 aliphatic heterocycles. The number of halogens is 1. The molecule has 1 unspecified atom stereocenters. The molecule has 1 aliphatic rings. The van der Waals surface area contributed by atoms with Gasteiger partial charge in [-0.15, -0.1) is 0 Å². The van der Waals surface area contributed by atoms with Gasteiger partial charge in [0, 0.05) is 26.7 Å². The SMILES string of the molecule is CN=C(NCCc1ccc(F)cc1C)NCC(C)CN1CCCC1. The summed E-state index contributed by atoms with van der Waals surface area (Å²) in [7, 11) is 1.80. The van der Waals surface area contributed by atoms with Gasteiger partial charge in [0.05, 0.1) is 0 Å². The Morgan fingerprint density at radius 1 is 1.29 bits per heavy atom. The van der Waals surface area contributed by atoms with Crippen LogP contribution in [-0.4, -0.2) is 50.6 Å². The Balaban J connectivity index is 1.68. The van der Waals surface area contributed by atoms with Crippen molar-refractivity contribution < 1.29 is 4.39 Å². The highest BCUT2D eigenvalue weighted by Crippen LogP contribution is 2.11. The first-order chi connectivity index (χ1) is 11.6. The fraction of sp³-hybridized carbons (Fsp3) is 0.632. The number of hydrogen-bond donors (Lipinski definition) is 2. The molecular weight excluding hydrogens is 303 g/mol. The third-order valence-corrected chi connectivity index (χ3v) is 4.60. The lowest BCUT2D eigenvalue weighted by molar-refractivity contribution is 0.287. The van der Waals surface area contributed by atoms with Crippen LogP contribution in [0.4, 0.5) is 4.39 Å². The van der Waals surface area contributed by atoms with E-state index in [1.807, 2.05) is 13.0 Å². The summed E-state index contributed by atoms with van der Waals surface area (Å²) in [5.41, 5.74) is 2.17. The van der Waals surface area contributed by atoms with Crippen LogP contribution in [0.2, 0.25) is 0 Å². The highest BCUT2D eigenvalue weighted by molar-refractivity contribution is 5.79. The summed E-state index contributed by atoms with van der Waals surface area (Å²) in [6.07, 6.45) is 3.54. The predicted octanol–water partition coefficient (Wildman–Crippen LogP) is 2.57.